The van der Waals surface area contributed by atoms with Gasteiger partial charge in [-0.15, -0.1) is 0 Å². The van der Waals surface area contributed by atoms with Crippen molar-refractivity contribution in [1.82, 2.24) is 0 Å². The average molecular weight is 288 g/mol. The minimum atomic E-state index is -4.52. The van der Waals surface area contributed by atoms with E-state index >= 15 is 0 Å². The van der Waals surface area contributed by atoms with Crippen LogP contribution in [0.5, 0.6) is 0 Å². The normalized spacial score (nSPS) is 13.7. The molecule has 0 saturated heterocycles. The minimum Gasteiger partial charge on any atom is -0.744 e. The molecule has 0 spiro atoms. The first-order chi connectivity index (χ1) is 7.98. The molecule has 86 valence electrons. The fourth-order valence-electron chi connectivity index (χ4n) is 1.98. The second-order valence-corrected chi connectivity index (χ2v) is 6.00. The average Bonchev–Trinajstić information content (AvgIpc) is 2.57. The summed E-state index contributed by atoms with van der Waals surface area (Å²) in [6.45, 7) is 0. The maximum absolute atomic E-state index is 11.6. The molecular formula is C11H5NaO4S2. The van der Waals surface area contributed by atoms with Crippen molar-refractivity contribution in [3.05, 3.63) is 35.9 Å². The Labute approximate surface area is 130 Å². The van der Waals surface area contributed by atoms with Crippen LogP contribution in [-0.4, -0.2) is 18.1 Å². The van der Waals surface area contributed by atoms with Crippen molar-refractivity contribution < 1.29 is 47.3 Å². The molecular weight excluding hydrogens is 283 g/mol. The third-order valence-corrected chi connectivity index (χ3v) is 4.51. The zero-order chi connectivity index (χ0) is 12.2. The SMILES string of the molecule is O=C1Sc2ccc(S(=O)(=O)[O-])c3cccc1c23.[Na+]. The van der Waals surface area contributed by atoms with Crippen LogP contribution in [0.4, 0.5) is 0 Å². The van der Waals surface area contributed by atoms with Crippen LogP contribution in [0.25, 0.3) is 10.8 Å². The van der Waals surface area contributed by atoms with Crippen LogP contribution in [0.15, 0.2) is 40.1 Å². The smallest absolute Gasteiger partial charge is 0.744 e. The monoisotopic (exact) mass is 288 g/mol. The summed E-state index contributed by atoms with van der Waals surface area (Å²) in [5, 5.41) is 0.777. The first kappa shape index (κ1) is 14.0. The molecule has 1 aliphatic rings. The summed E-state index contributed by atoms with van der Waals surface area (Å²) < 4.78 is 33.4. The van der Waals surface area contributed by atoms with Crippen LogP contribution in [-0.2, 0) is 10.1 Å². The van der Waals surface area contributed by atoms with Gasteiger partial charge in [-0.3, -0.25) is 4.79 Å². The summed E-state index contributed by atoms with van der Waals surface area (Å²) in [6.07, 6.45) is 0. The number of thioether (sulfide) groups is 1. The van der Waals surface area contributed by atoms with Gasteiger partial charge in [-0.1, -0.05) is 12.1 Å². The van der Waals surface area contributed by atoms with Crippen LogP contribution >= 0.6 is 11.8 Å². The number of hydrogen-bond donors (Lipinski definition) is 0. The molecule has 0 radical (unpaired) electrons. The second-order valence-electron chi connectivity index (χ2n) is 3.63. The molecule has 4 nitrogen and oxygen atoms in total. The number of carbonyl (C=O) groups excluding carboxylic acids is 1. The van der Waals surface area contributed by atoms with Crippen LogP contribution in [0.2, 0.25) is 0 Å². The fourth-order valence-corrected chi connectivity index (χ4v) is 3.59. The molecule has 0 amide bonds. The maximum Gasteiger partial charge on any atom is 1.00 e. The Kier molecular flexibility index (Phi) is 3.61. The van der Waals surface area contributed by atoms with Gasteiger partial charge in [-0.25, -0.2) is 8.42 Å². The van der Waals surface area contributed by atoms with Crippen molar-refractivity contribution in [2.45, 2.75) is 9.79 Å². The van der Waals surface area contributed by atoms with Gasteiger partial charge in [-0.2, -0.15) is 0 Å². The van der Waals surface area contributed by atoms with E-state index in [4.69, 9.17) is 0 Å². The summed E-state index contributed by atoms with van der Waals surface area (Å²) >= 11 is 1.05. The van der Waals surface area contributed by atoms with Crippen LogP contribution in [0.3, 0.4) is 0 Å². The Bertz CT molecular complexity index is 768. The van der Waals surface area contributed by atoms with Gasteiger partial charge in [0.25, 0.3) is 0 Å². The third kappa shape index (κ3) is 2.03. The summed E-state index contributed by atoms with van der Waals surface area (Å²) in [4.78, 5) is 12.1. The minimum absolute atomic E-state index is 0. The molecule has 0 aromatic heterocycles. The molecule has 0 bridgehead atoms. The molecule has 0 saturated carbocycles. The van der Waals surface area contributed by atoms with E-state index in [0.29, 0.717) is 21.2 Å². The number of carbonyl (C=O) groups is 1. The molecule has 0 atom stereocenters. The zero-order valence-corrected chi connectivity index (χ0v) is 13.0. The Morgan fingerprint density at radius 1 is 1.11 bits per heavy atom. The van der Waals surface area contributed by atoms with Gasteiger partial charge in [0.15, 0.2) is 0 Å². The van der Waals surface area contributed by atoms with Crippen LogP contribution in [0.1, 0.15) is 10.4 Å². The first-order valence-electron chi connectivity index (χ1n) is 4.72. The Morgan fingerprint density at radius 3 is 2.50 bits per heavy atom. The number of rotatable bonds is 1. The summed E-state index contributed by atoms with van der Waals surface area (Å²) in [6, 6.07) is 7.53. The first-order valence-corrected chi connectivity index (χ1v) is 6.95. The van der Waals surface area contributed by atoms with Crippen molar-refractivity contribution in [1.29, 1.82) is 0 Å². The third-order valence-electron chi connectivity index (χ3n) is 2.65. The van der Waals surface area contributed by atoms with E-state index < -0.39 is 10.1 Å². The Morgan fingerprint density at radius 2 is 1.83 bits per heavy atom. The summed E-state index contributed by atoms with van der Waals surface area (Å²) in [5.41, 5.74) is 0.466. The molecule has 1 aliphatic heterocycles. The topological polar surface area (TPSA) is 74.3 Å². The van der Waals surface area contributed by atoms with Crippen molar-refractivity contribution >= 4 is 37.8 Å². The fraction of sp³-hybridized carbons (Fsp3) is 0. The van der Waals surface area contributed by atoms with Gasteiger partial charge in [0.1, 0.15) is 10.1 Å². The van der Waals surface area contributed by atoms with E-state index in [1.165, 1.54) is 12.1 Å². The maximum atomic E-state index is 11.6. The van der Waals surface area contributed by atoms with Gasteiger partial charge >= 0.3 is 29.6 Å². The molecule has 0 unspecified atom stereocenters. The van der Waals surface area contributed by atoms with Gasteiger partial charge < -0.3 is 4.55 Å². The van der Waals surface area contributed by atoms with E-state index in [2.05, 4.69) is 0 Å². The van der Waals surface area contributed by atoms with Gasteiger partial charge in [-0.05, 0) is 30.0 Å². The molecule has 0 N–H and O–H groups in total. The predicted molar refractivity (Wildman–Crippen MR) is 62.1 cm³/mol. The van der Waals surface area contributed by atoms with Crippen LogP contribution in [0, 0.1) is 0 Å². The molecule has 3 rings (SSSR count). The van der Waals surface area contributed by atoms with Crippen molar-refractivity contribution in [3.8, 4) is 0 Å². The Balaban J connectivity index is 0.00000120. The molecule has 18 heavy (non-hydrogen) atoms. The van der Waals surface area contributed by atoms with E-state index in [1.54, 1.807) is 18.2 Å². The molecule has 7 heteroatoms. The van der Waals surface area contributed by atoms with E-state index in [1.807, 2.05) is 0 Å². The molecule has 2 aromatic rings. The van der Waals surface area contributed by atoms with Crippen molar-refractivity contribution in [3.63, 3.8) is 0 Å². The van der Waals surface area contributed by atoms with Gasteiger partial charge in [0.2, 0.25) is 5.12 Å². The van der Waals surface area contributed by atoms with E-state index in [0.717, 1.165) is 11.8 Å². The zero-order valence-electron chi connectivity index (χ0n) is 9.34. The van der Waals surface area contributed by atoms with Gasteiger partial charge in [0.05, 0.1) is 4.90 Å². The molecule has 1 heterocycles. The summed E-state index contributed by atoms with van der Waals surface area (Å²) in [5.74, 6) is 0. The van der Waals surface area contributed by atoms with E-state index in [-0.39, 0.29) is 39.6 Å². The standard InChI is InChI=1S/C11H6O4S2.Na/c12-11-7-3-1-2-6-9(17(13,14)15)5-4-8(16-11)10(6)7;/h1-5H,(H,13,14,15);/q;+1/p-1. The van der Waals surface area contributed by atoms with E-state index in [9.17, 15) is 17.8 Å². The quantitative estimate of drug-likeness (QED) is 0.497. The van der Waals surface area contributed by atoms with Crippen molar-refractivity contribution in [2.75, 3.05) is 0 Å². The molecule has 0 aliphatic carbocycles. The number of benzene rings is 2. The second kappa shape index (κ2) is 4.63. The Hall–Kier alpha value is -0.370. The summed E-state index contributed by atoms with van der Waals surface area (Å²) in [7, 11) is -4.52. The largest absolute Gasteiger partial charge is 1.00 e. The van der Waals surface area contributed by atoms with Crippen molar-refractivity contribution in [2.24, 2.45) is 0 Å². The van der Waals surface area contributed by atoms with Crippen LogP contribution < -0.4 is 29.6 Å². The molecule has 2 aromatic carbocycles. The predicted octanol–water partition coefficient (Wildman–Crippen LogP) is -1.01. The van der Waals surface area contributed by atoms with Gasteiger partial charge in [0, 0.05) is 21.2 Å². The molecule has 0 fully saturated rings. The number of hydrogen-bond acceptors (Lipinski definition) is 5.